The minimum atomic E-state index is 0.583. The fourth-order valence-corrected chi connectivity index (χ4v) is 1.91. The number of hydrogen-bond acceptors (Lipinski definition) is 5. The second-order valence-electron chi connectivity index (χ2n) is 4.15. The van der Waals surface area contributed by atoms with Crippen molar-refractivity contribution in [3.8, 4) is 17.1 Å². The van der Waals surface area contributed by atoms with Crippen LogP contribution in [0.5, 0.6) is 5.88 Å². The lowest BCUT2D eigenvalue weighted by Gasteiger charge is -2.12. The molecule has 19 heavy (non-hydrogen) atoms. The first-order chi connectivity index (χ1) is 9.19. The molecule has 0 amide bonds. The van der Waals surface area contributed by atoms with Crippen LogP contribution in [-0.2, 0) is 6.42 Å². The van der Waals surface area contributed by atoms with Gasteiger partial charge in [-0.25, -0.2) is 15.0 Å². The van der Waals surface area contributed by atoms with Crippen LogP contribution in [-0.4, -0.2) is 29.1 Å². The van der Waals surface area contributed by atoms with Crippen LogP contribution in [0.25, 0.3) is 11.3 Å². The van der Waals surface area contributed by atoms with E-state index in [0.717, 1.165) is 34.9 Å². The van der Waals surface area contributed by atoms with Crippen LogP contribution < -0.4 is 10.1 Å². The fourth-order valence-electron chi connectivity index (χ4n) is 1.91. The highest BCUT2D eigenvalue weighted by molar-refractivity contribution is 5.68. The minimum absolute atomic E-state index is 0.583. The van der Waals surface area contributed by atoms with E-state index in [1.807, 2.05) is 33.0 Å². The summed E-state index contributed by atoms with van der Waals surface area (Å²) in [5, 5.41) is 3.11. The molecular weight excluding hydrogens is 240 g/mol. The molecule has 2 aromatic heterocycles. The first kappa shape index (κ1) is 13.3. The van der Waals surface area contributed by atoms with Gasteiger partial charge in [0.25, 0.3) is 0 Å². The molecule has 0 saturated heterocycles. The van der Waals surface area contributed by atoms with Gasteiger partial charge in [-0.15, -0.1) is 0 Å². The smallest absolute Gasteiger partial charge is 0.213 e. The highest BCUT2D eigenvalue weighted by Crippen LogP contribution is 2.27. The number of methoxy groups -OCH3 is 1. The highest BCUT2D eigenvalue weighted by atomic mass is 16.5. The monoisotopic (exact) mass is 258 g/mol. The van der Waals surface area contributed by atoms with Crippen molar-refractivity contribution in [1.29, 1.82) is 0 Å². The predicted octanol–water partition coefficient (Wildman–Crippen LogP) is 2.46. The molecule has 5 heteroatoms. The van der Waals surface area contributed by atoms with Crippen LogP contribution in [0.4, 0.5) is 5.82 Å². The summed E-state index contributed by atoms with van der Waals surface area (Å²) in [5.74, 6) is 2.26. The Morgan fingerprint density at radius 1 is 1.32 bits per heavy atom. The number of rotatable bonds is 4. The van der Waals surface area contributed by atoms with Gasteiger partial charge in [0.1, 0.15) is 11.6 Å². The van der Waals surface area contributed by atoms with E-state index in [-0.39, 0.29) is 0 Å². The van der Waals surface area contributed by atoms with Gasteiger partial charge in [0.15, 0.2) is 0 Å². The maximum Gasteiger partial charge on any atom is 0.213 e. The van der Waals surface area contributed by atoms with Gasteiger partial charge in [-0.3, -0.25) is 0 Å². The molecule has 100 valence electrons. The lowest BCUT2D eigenvalue weighted by atomic mass is 10.1. The Morgan fingerprint density at radius 2 is 2.11 bits per heavy atom. The number of aryl methyl sites for hydroxylation is 1. The van der Waals surface area contributed by atoms with Gasteiger partial charge in [0, 0.05) is 36.9 Å². The molecule has 0 aliphatic rings. The van der Waals surface area contributed by atoms with Crippen LogP contribution in [0.15, 0.2) is 18.3 Å². The lowest BCUT2D eigenvalue weighted by molar-refractivity contribution is 0.398. The summed E-state index contributed by atoms with van der Waals surface area (Å²) < 4.78 is 5.16. The lowest BCUT2D eigenvalue weighted by Crippen LogP contribution is -2.04. The molecule has 0 aromatic carbocycles. The van der Waals surface area contributed by atoms with Gasteiger partial charge >= 0.3 is 0 Å². The maximum absolute atomic E-state index is 5.16. The zero-order valence-electron chi connectivity index (χ0n) is 11.7. The highest BCUT2D eigenvalue weighted by Gasteiger charge is 2.12. The van der Waals surface area contributed by atoms with E-state index < -0.39 is 0 Å². The molecular formula is C14H18N4O. The zero-order chi connectivity index (χ0) is 13.8. The molecule has 0 saturated carbocycles. The molecule has 0 atom stereocenters. The van der Waals surface area contributed by atoms with E-state index in [1.165, 1.54) is 0 Å². The van der Waals surface area contributed by atoms with Gasteiger partial charge in [0.05, 0.1) is 12.8 Å². The standard InChI is InChI=1S/C14H18N4O/c1-5-11-17-13(9(2)14(15-3)18-11)10-6-7-16-12(8-10)19-4/h6-8H,5H2,1-4H3,(H,15,17,18). The molecule has 2 aromatic rings. The van der Waals surface area contributed by atoms with Gasteiger partial charge in [-0.2, -0.15) is 0 Å². The molecule has 0 spiro atoms. The van der Waals surface area contributed by atoms with E-state index in [1.54, 1.807) is 13.3 Å². The van der Waals surface area contributed by atoms with Gasteiger partial charge in [-0.05, 0) is 13.0 Å². The molecule has 2 rings (SSSR count). The minimum Gasteiger partial charge on any atom is -0.481 e. The molecule has 0 unspecified atom stereocenters. The van der Waals surface area contributed by atoms with E-state index >= 15 is 0 Å². The van der Waals surface area contributed by atoms with Crippen molar-refractivity contribution < 1.29 is 4.74 Å². The first-order valence-electron chi connectivity index (χ1n) is 6.25. The summed E-state index contributed by atoms with van der Waals surface area (Å²) in [7, 11) is 3.47. The van der Waals surface area contributed by atoms with Crippen molar-refractivity contribution in [2.75, 3.05) is 19.5 Å². The Labute approximate surface area is 113 Å². The SMILES string of the molecule is CCc1nc(NC)c(C)c(-c2ccnc(OC)c2)n1. The van der Waals surface area contributed by atoms with E-state index in [4.69, 9.17) is 4.74 Å². The third-order valence-electron chi connectivity index (χ3n) is 2.96. The summed E-state index contributed by atoms with van der Waals surface area (Å²) >= 11 is 0. The summed E-state index contributed by atoms with van der Waals surface area (Å²) in [6, 6.07) is 3.81. The normalized spacial score (nSPS) is 10.3. The van der Waals surface area contributed by atoms with Crippen LogP contribution in [0.1, 0.15) is 18.3 Å². The van der Waals surface area contributed by atoms with Gasteiger partial charge < -0.3 is 10.1 Å². The summed E-state index contributed by atoms with van der Waals surface area (Å²) in [6.45, 7) is 4.05. The Bertz CT molecular complexity index is 584. The third-order valence-corrected chi connectivity index (χ3v) is 2.96. The molecule has 0 aliphatic carbocycles. The quantitative estimate of drug-likeness (QED) is 0.912. The van der Waals surface area contributed by atoms with Crippen molar-refractivity contribution in [3.63, 3.8) is 0 Å². The second-order valence-corrected chi connectivity index (χ2v) is 4.15. The second kappa shape index (κ2) is 5.65. The number of hydrogen-bond donors (Lipinski definition) is 1. The van der Waals surface area contributed by atoms with Crippen molar-refractivity contribution in [2.45, 2.75) is 20.3 Å². The van der Waals surface area contributed by atoms with Gasteiger partial charge in [0.2, 0.25) is 5.88 Å². The molecule has 0 aliphatic heterocycles. The number of pyridine rings is 1. The first-order valence-corrected chi connectivity index (χ1v) is 6.25. The topological polar surface area (TPSA) is 59.9 Å². The summed E-state index contributed by atoms with van der Waals surface area (Å²) in [5.41, 5.74) is 2.92. The van der Waals surface area contributed by atoms with Crippen molar-refractivity contribution in [1.82, 2.24) is 15.0 Å². The van der Waals surface area contributed by atoms with E-state index in [2.05, 4.69) is 20.3 Å². The van der Waals surface area contributed by atoms with E-state index in [9.17, 15) is 0 Å². The number of nitrogens with zero attached hydrogens (tertiary/aromatic N) is 3. The van der Waals surface area contributed by atoms with Crippen LogP contribution in [0.2, 0.25) is 0 Å². The molecule has 0 radical (unpaired) electrons. The molecule has 2 heterocycles. The average molecular weight is 258 g/mol. The van der Waals surface area contributed by atoms with Crippen LogP contribution in [0, 0.1) is 6.92 Å². The number of ether oxygens (including phenoxy) is 1. The Balaban J connectivity index is 2.59. The summed E-state index contributed by atoms with van der Waals surface area (Å²) in [4.78, 5) is 13.2. The van der Waals surface area contributed by atoms with Gasteiger partial charge in [-0.1, -0.05) is 6.92 Å². The van der Waals surface area contributed by atoms with Crippen LogP contribution >= 0.6 is 0 Å². The largest absolute Gasteiger partial charge is 0.481 e. The Kier molecular flexibility index (Phi) is 3.94. The van der Waals surface area contributed by atoms with E-state index in [0.29, 0.717) is 5.88 Å². The number of nitrogens with one attached hydrogen (secondary N) is 1. The fraction of sp³-hybridized carbons (Fsp3) is 0.357. The third kappa shape index (κ3) is 2.65. The van der Waals surface area contributed by atoms with Crippen molar-refractivity contribution in [2.24, 2.45) is 0 Å². The Morgan fingerprint density at radius 3 is 2.74 bits per heavy atom. The van der Waals surface area contributed by atoms with Crippen molar-refractivity contribution >= 4 is 5.82 Å². The molecule has 5 nitrogen and oxygen atoms in total. The maximum atomic E-state index is 5.16. The molecule has 1 N–H and O–H groups in total. The number of aromatic nitrogens is 3. The number of anilines is 1. The molecule has 0 fully saturated rings. The Hall–Kier alpha value is -2.17. The van der Waals surface area contributed by atoms with Crippen molar-refractivity contribution in [3.05, 3.63) is 29.7 Å². The van der Waals surface area contributed by atoms with Crippen LogP contribution in [0.3, 0.4) is 0 Å². The average Bonchev–Trinajstić information content (AvgIpc) is 2.47. The summed E-state index contributed by atoms with van der Waals surface area (Å²) in [6.07, 6.45) is 2.52. The zero-order valence-corrected chi connectivity index (χ0v) is 11.7. The molecule has 0 bridgehead atoms. The predicted molar refractivity (Wildman–Crippen MR) is 75.5 cm³/mol.